The van der Waals surface area contributed by atoms with Crippen LogP contribution in [0.1, 0.15) is 46.2 Å². The highest BCUT2D eigenvalue weighted by Crippen LogP contribution is 2.44. The van der Waals surface area contributed by atoms with E-state index in [-0.39, 0.29) is 17.2 Å². The summed E-state index contributed by atoms with van der Waals surface area (Å²) in [5.41, 5.74) is 3.26. The van der Waals surface area contributed by atoms with Crippen LogP contribution in [0.25, 0.3) is 21.7 Å². The Morgan fingerprint density at radius 1 is 1.18 bits per heavy atom. The summed E-state index contributed by atoms with van der Waals surface area (Å²) in [6.07, 6.45) is 3.56. The number of rotatable bonds is 5. The van der Waals surface area contributed by atoms with Gasteiger partial charge in [-0.15, -0.1) is 11.3 Å². The van der Waals surface area contributed by atoms with Gasteiger partial charge in [-0.2, -0.15) is 5.26 Å². The largest absolute Gasteiger partial charge is 0.496 e. The fourth-order valence-corrected chi connectivity index (χ4v) is 6.49. The SMILES string of the molecule is COc1cc2c(cc1C(=O)Nc1ccc[nH]c1=O)-c1c(-c3cccs3)cc(C(=O)N3CCC[C@]3(C)C#N)n1CC2. The number of pyridine rings is 1. The summed E-state index contributed by atoms with van der Waals surface area (Å²) in [7, 11) is 1.51. The Morgan fingerprint density at radius 2 is 2.02 bits per heavy atom. The van der Waals surface area contributed by atoms with Crippen molar-refractivity contribution < 1.29 is 14.3 Å². The summed E-state index contributed by atoms with van der Waals surface area (Å²) in [6, 6.07) is 15.1. The van der Waals surface area contributed by atoms with Crippen molar-refractivity contribution in [2.24, 2.45) is 0 Å². The Balaban J connectivity index is 1.50. The molecule has 2 aliphatic heterocycles. The van der Waals surface area contributed by atoms with Crippen LogP contribution >= 0.6 is 11.3 Å². The van der Waals surface area contributed by atoms with Crippen molar-refractivity contribution in [3.05, 3.63) is 81.2 Å². The lowest BCUT2D eigenvalue weighted by molar-refractivity contribution is 0.0681. The molecular formula is C30H27N5O4S. The third-order valence-electron chi connectivity index (χ3n) is 7.83. The second-order valence-electron chi connectivity index (χ2n) is 10.2. The van der Waals surface area contributed by atoms with Crippen LogP contribution in [0.2, 0.25) is 0 Å². The molecule has 0 spiro atoms. The number of ether oxygens (including phenoxy) is 1. The molecule has 2 N–H and O–H groups in total. The summed E-state index contributed by atoms with van der Waals surface area (Å²) < 4.78 is 7.61. The Hall–Kier alpha value is -4.62. The zero-order chi connectivity index (χ0) is 28.0. The number of hydrogen-bond donors (Lipinski definition) is 2. The number of methoxy groups -OCH3 is 1. The number of H-pyrrole nitrogens is 1. The molecule has 0 saturated carbocycles. The van der Waals surface area contributed by atoms with E-state index in [2.05, 4.69) is 16.4 Å². The van der Waals surface area contributed by atoms with Gasteiger partial charge in [0.15, 0.2) is 0 Å². The number of fused-ring (bicyclic) bond motifs is 3. The van der Waals surface area contributed by atoms with Gasteiger partial charge in [0.05, 0.1) is 24.4 Å². The van der Waals surface area contributed by atoms with E-state index in [0.717, 1.165) is 33.7 Å². The van der Waals surface area contributed by atoms with E-state index in [1.165, 1.54) is 19.4 Å². The van der Waals surface area contributed by atoms with Gasteiger partial charge < -0.3 is 24.5 Å². The van der Waals surface area contributed by atoms with Crippen LogP contribution in [0.5, 0.6) is 5.75 Å². The molecule has 1 atom stereocenters. The first-order chi connectivity index (χ1) is 19.3. The van der Waals surface area contributed by atoms with Crippen molar-refractivity contribution in [3.8, 4) is 33.5 Å². The molecule has 10 heteroatoms. The van der Waals surface area contributed by atoms with Crippen molar-refractivity contribution in [2.45, 2.75) is 38.3 Å². The monoisotopic (exact) mass is 553 g/mol. The van der Waals surface area contributed by atoms with E-state index in [4.69, 9.17) is 4.74 Å². The third-order valence-corrected chi connectivity index (χ3v) is 8.73. The van der Waals surface area contributed by atoms with Gasteiger partial charge in [0.25, 0.3) is 17.4 Å². The average molecular weight is 554 g/mol. The zero-order valence-corrected chi connectivity index (χ0v) is 22.9. The van der Waals surface area contributed by atoms with Crippen molar-refractivity contribution in [1.82, 2.24) is 14.5 Å². The van der Waals surface area contributed by atoms with Crippen LogP contribution in [0.15, 0.2) is 58.8 Å². The van der Waals surface area contributed by atoms with E-state index >= 15 is 0 Å². The molecule has 6 rings (SSSR count). The lowest BCUT2D eigenvalue weighted by Crippen LogP contribution is -2.44. The Kier molecular flexibility index (Phi) is 6.31. The number of nitrogens with zero attached hydrogens (tertiary/aromatic N) is 3. The summed E-state index contributed by atoms with van der Waals surface area (Å²) in [5.74, 6) is -0.237. The summed E-state index contributed by atoms with van der Waals surface area (Å²) in [5, 5.41) is 14.5. The quantitative estimate of drug-likeness (QED) is 0.364. The maximum Gasteiger partial charge on any atom is 0.271 e. The molecule has 4 aromatic rings. The summed E-state index contributed by atoms with van der Waals surface area (Å²) in [4.78, 5) is 44.8. The molecule has 0 bridgehead atoms. The average Bonchev–Trinajstić information content (AvgIpc) is 3.72. The molecule has 9 nitrogen and oxygen atoms in total. The number of hydrogen-bond acceptors (Lipinski definition) is 6. The molecule has 202 valence electrons. The third kappa shape index (κ3) is 4.10. The van der Waals surface area contributed by atoms with Crippen LogP contribution in [-0.2, 0) is 13.0 Å². The van der Waals surface area contributed by atoms with Crippen molar-refractivity contribution in [3.63, 3.8) is 0 Å². The molecule has 1 saturated heterocycles. The normalized spacial score (nSPS) is 17.6. The van der Waals surface area contributed by atoms with Crippen molar-refractivity contribution in [1.29, 1.82) is 5.26 Å². The lowest BCUT2D eigenvalue weighted by atomic mass is 9.93. The highest BCUT2D eigenvalue weighted by molar-refractivity contribution is 7.13. The number of thiophene rings is 1. The van der Waals surface area contributed by atoms with Gasteiger partial charge in [-0.25, -0.2) is 0 Å². The van der Waals surface area contributed by atoms with E-state index < -0.39 is 17.0 Å². The Labute approximate surface area is 234 Å². The molecule has 5 heterocycles. The fourth-order valence-electron chi connectivity index (χ4n) is 5.75. The van der Waals surface area contributed by atoms with Crippen molar-refractivity contribution in [2.75, 3.05) is 19.0 Å². The fraction of sp³-hybridized carbons (Fsp3) is 0.267. The van der Waals surface area contributed by atoms with Gasteiger partial charge in [-0.05, 0) is 73.5 Å². The van der Waals surface area contributed by atoms with Crippen LogP contribution in [0.3, 0.4) is 0 Å². The molecular weight excluding hydrogens is 526 g/mol. The first kappa shape index (κ1) is 25.6. The Bertz CT molecular complexity index is 1750. The maximum atomic E-state index is 13.9. The number of benzene rings is 1. The van der Waals surface area contributed by atoms with E-state index in [0.29, 0.717) is 37.4 Å². The van der Waals surface area contributed by atoms with Gasteiger partial charge in [0, 0.05) is 35.3 Å². The van der Waals surface area contributed by atoms with Crippen LogP contribution in [0, 0.1) is 11.3 Å². The molecule has 1 aromatic carbocycles. The standard InChI is InChI=1S/C30H27N5O4S/c1-30(17-31)9-5-11-35(30)29(38)23-16-21(25-7-4-13-40-25)26-19-15-20(24(39-2)14-18(19)8-12-34(23)26)27(36)33-22-6-3-10-32-28(22)37/h3-4,6-7,10,13-16H,5,8-9,11-12H2,1-2H3,(H,32,37)(H,33,36)/t30-/m1/s1. The van der Waals surface area contributed by atoms with Gasteiger partial charge >= 0.3 is 0 Å². The number of carbonyl (C=O) groups excluding carboxylic acids is 2. The van der Waals surface area contributed by atoms with Crippen molar-refractivity contribution >= 4 is 28.8 Å². The lowest BCUT2D eigenvalue weighted by Gasteiger charge is -2.30. The number of aromatic amines is 1. The zero-order valence-electron chi connectivity index (χ0n) is 22.1. The number of aryl methyl sites for hydroxylation is 1. The second kappa shape index (κ2) is 9.84. The molecule has 2 amide bonds. The van der Waals surface area contributed by atoms with Gasteiger partial charge in [-0.3, -0.25) is 14.4 Å². The highest BCUT2D eigenvalue weighted by atomic mass is 32.1. The highest BCUT2D eigenvalue weighted by Gasteiger charge is 2.42. The molecule has 0 radical (unpaired) electrons. The predicted molar refractivity (Wildman–Crippen MR) is 153 cm³/mol. The number of nitrogens with one attached hydrogen (secondary N) is 2. The molecule has 3 aromatic heterocycles. The number of nitriles is 1. The Morgan fingerprint density at radius 3 is 2.75 bits per heavy atom. The number of carbonyl (C=O) groups is 2. The number of aromatic nitrogens is 2. The summed E-state index contributed by atoms with van der Waals surface area (Å²) in [6.45, 7) is 2.93. The number of likely N-dealkylation sites (tertiary alicyclic amines) is 1. The van der Waals surface area contributed by atoms with Gasteiger partial charge in [0.2, 0.25) is 0 Å². The molecule has 40 heavy (non-hydrogen) atoms. The minimum atomic E-state index is -0.842. The van der Waals surface area contributed by atoms with Gasteiger partial charge in [0.1, 0.15) is 22.7 Å². The maximum absolute atomic E-state index is 13.9. The molecule has 2 aliphatic rings. The molecule has 1 fully saturated rings. The van der Waals surface area contributed by atoms with Crippen LogP contribution < -0.4 is 15.6 Å². The van der Waals surface area contributed by atoms with E-state index in [1.807, 2.05) is 41.1 Å². The smallest absolute Gasteiger partial charge is 0.271 e. The number of anilines is 1. The second-order valence-corrected chi connectivity index (χ2v) is 11.1. The molecule has 0 aliphatic carbocycles. The first-order valence-electron chi connectivity index (χ1n) is 13.1. The van der Waals surface area contributed by atoms with Gasteiger partial charge in [-0.1, -0.05) is 6.07 Å². The summed E-state index contributed by atoms with van der Waals surface area (Å²) >= 11 is 1.57. The minimum absolute atomic E-state index is 0.133. The minimum Gasteiger partial charge on any atom is -0.496 e. The van der Waals surface area contributed by atoms with E-state index in [1.54, 1.807) is 28.4 Å². The first-order valence-corrected chi connectivity index (χ1v) is 13.9. The topological polar surface area (TPSA) is 120 Å². The van der Waals surface area contributed by atoms with Crippen LogP contribution in [-0.4, -0.2) is 45.5 Å². The molecule has 0 unspecified atom stereocenters. The predicted octanol–water partition coefficient (Wildman–Crippen LogP) is 4.91. The van der Waals surface area contributed by atoms with E-state index in [9.17, 15) is 19.6 Å². The van der Waals surface area contributed by atoms with Crippen LogP contribution in [0.4, 0.5) is 5.69 Å². The number of amides is 2.